The van der Waals surface area contributed by atoms with Crippen molar-refractivity contribution in [3.63, 3.8) is 0 Å². The van der Waals surface area contributed by atoms with Gasteiger partial charge in [-0.3, -0.25) is 4.79 Å². The Morgan fingerprint density at radius 2 is 2.33 bits per heavy atom. The summed E-state index contributed by atoms with van der Waals surface area (Å²) < 4.78 is 5.01. The molecule has 1 aromatic rings. The number of fused-ring (bicyclic) bond motifs is 1. The van der Waals surface area contributed by atoms with Gasteiger partial charge >= 0.3 is 0 Å². The molecule has 0 spiro atoms. The first-order valence-corrected chi connectivity index (χ1v) is 3.76. The van der Waals surface area contributed by atoms with Crippen molar-refractivity contribution >= 4 is 11.5 Å². The second-order valence-corrected chi connectivity index (χ2v) is 2.69. The van der Waals surface area contributed by atoms with Crippen LogP contribution in [0.15, 0.2) is 18.2 Å². The zero-order chi connectivity index (χ0) is 8.55. The number of ketones is 1. The molecule has 0 saturated heterocycles. The third-order valence-electron chi connectivity index (χ3n) is 1.97. The van der Waals surface area contributed by atoms with Gasteiger partial charge in [0.2, 0.25) is 0 Å². The molecular weight excluding hydrogens is 154 g/mol. The number of carbonyl (C=O) groups excluding carboxylic acids is 1. The molecule has 2 rings (SSSR count). The number of nitrogens with one attached hydrogen (secondary N) is 1. The second-order valence-electron chi connectivity index (χ2n) is 2.69. The lowest BCUT2D eigenvalue weighted by Crippen LogP contribution is -2.00. The van der Waals surface area contributed by atoms with Crippen LogP contribution in [0.2, 0.25) is 0 Å². The Hall–Kier alpha value is -1.51. The molecule has 1 N–H and O–H groups in total. The van der Waals surface area contributed by atoms with Crippen molar-refractivity contribution in [2.45, 2.75) is 0 Å². The zero-order valence-corrected chi connectivity index (χ0v) is 6.76. The van der Waals surface area contributed by atoms with Crippen LogP contribution < -0.4 is 10.1 Å². The molecule has 0 unspecified atom stereocenters. The highest BCUT2D eigenvalue weighted by molar-refractivity contribution is 6.08. The summed E-state index contributed by atoms with van der Waals surface area (Å²) in [5.41, 5.74) is 1.63. The predicted octanol–water partition coefficient (Wildman–Crippen LogP) is 1.30. The molecule has 0 radical (unpaired) electrons. The molecule has 3 heteroatoms. The zero-order valence-electron chi connectivity index (χ0n) is 6.76. The summed E-state index contributed by atoms with van der Waals surface area (Å²) in [6.45, 7) is 0.405. The second kappa shape index (κ2) is 2.52. The SMILES string of the molecule is COc1ccc2c(c1)C(=O)CN2. The summed E-state index contributed by atoms with van der Waals surface area (Å²) >= 11 is 0. The maximum Gasteiger partial charge on any atom is 0.184 e. The molecule has 0 atom stereocenters. The molecule has 1 aliphatic heterocycles. The van der Waals surface area contributed by atoms with Crippen LogP contribution in [0.25, 0.3) is 0 Å². The topological polar surface area (TPSA) is 38.3 Å². The van der Waals surface area contributed by atoms with Gasteiger partial charge in [0.15, 0.2) is 5.78 Å². The molecule has 0 amide bonds. The van der Waals surface area contributed by atoms with E-state index in [4.69, 9.17) is 4.74 Å². The minimum Gasteiger partial charge on any atom is -0.497 e. The number of benzene rings is 1. The highest BCUT2D eigenvalue weighted by atomic mass is 16.5. The molecule has 0 saturated carbocycles. The van der Waals surface area contributed by atoms with E-state index in [0.29, 0.717) is 6.54 Å². The summed E-state index contributed by atoms with van der Waals surface area (Å²) in [5, 5.41) is 3.00. The Labute approximate surface area is 70.3 Å². The van der Waals surface area contributed by atoms with Gasteiger partial charge in [-0.25, -0.2) is 0 Å². The van der Waals surface area contributed by atoms with Gasteiger partial charge in [-0.05, 0) is 18.2 Å². The highest BCUT2D eigenvalue weighted by Crippen LogP contribution is 2.25. The van der Waals surface area contributed by atoms with Gasteiger partial charge in [-0.2, -0.15) is 0 Å². The van der Waals surface area contributed by atoms with E-state index in [1.807, 2.05) is 12.1 Å². The van der Waals surface area contributed by atoms with Gasteiger partial charge in [0.25, 0.3) is 0 Å². The predicted molar refractivity (Wildman–Crippen MR) is 45.8 cm³/mol. The standard InChI is InChI=1S/C9H9NO2/c1-12-6-2-3-8-7(4-6)9(11)5-10-8/h2-4,10H,5H2,1H3. The highest BCUT2D eigenvalue weighted by Gasteiger charge is 2.18. The average molecular weight is 163 g/mol. The van der Waals surface area contributed by atoms with Crippen molar-refractivity contribution < 1.29 is 9.53 Å². The molecular formula is C9H9NO2. The summed E-state index contributed by atoms with van der Waals surface area (Å²) in [6, 6.07) is 5.46. The number of rotatable bonds is 1. The van der Waals surface area contributed by atoms with E-state index in [1.54, 1.807) is 13.2 Å². The molecule has 12 heavy (non-hydrogen) atoms. The molecule has 3 nitrogen and oxygen atoms in total. The van der Waals surface area contributed by atoms with Gasteiger partial charge in [-0.15, -0.1) is 0 Å². The Bertz CT molecular complexity index is 333. The summed E-state index contributed by atoms with van der Waals surface area (Å²) in [5.74, 6) is 0.856. The first kappa shape index (κ1) is 7.16. The van der Waals surface area contributed by atoms with Crippen LogP contribution in [0.5, 0.6) is 5.75 Å². The van der Waals surface area contributed by atoms with E-state index in [2.05, 4.69) is 5.32 Å². The van der Waals surface area contributed by atoms with Crippen molar-refractivity contribution in [3.05, 3.63) is 23.8 Å². The number of ether oxygens (including phenoxy) is 1. The van der Waals surface area contributed by atoms with Gasteiger partial charge in [-0.1, -0.05) is 0 Å². The van der Waals surface area contributed by atoms with Crippen LogP contribution in [0.3, 0.4) is 0 Å². The minimum atomic E-state index is 0.129. The van der Waals surface area contributed by atoms with Crippen molar-refractivity contribution in [1.82, 2.24) is 0 Å². The molecule has 1 aromatic carbocycles. The van der Waals surface area contributed by atoms with E-state index in [0.717, 1.165) is 17.0 Å². The maximum absolute atomic E-state index is 11.2. The minimum absolute atomic E-state index is 0.129. The van der Waals surface area contributed by atoms with Gasteiger partial charge in [0, 0.05) is 11.3 Å². The Balaban J connectivity index is 2.50. The van der Waals surface area contributed by atoms with E-state index >= 15 is 0 Å². The fraction of sp³-hybridized carbons (Fsp3) is 0.222. The Morgan fingerprint density at radius 3 is 3.08 bits per heavy atom. The first-order valence-electron chi connectivity index (χ1n) is 3.76. The van der Waals surface area contributed by atoms with E-state index in [1.165, 1.54) is 0 Å². The van der Waals surface area contributed by atoms with Crippen LogP contribution >= 0.6 is 0 Å². The van der Waals surface area contributed by atoms with E-state index in [9.17, 15) is 4.79 Å². The number of hydrogen-bond acceptors (Lipinski definition) is 3. The first-order chi connectivity index (χ1) is 5.81. The lowest BCUT2D eigenvalue weighted by molar-refractivity contribution is 0.101. The summed E-state index contributed by atoms with van der Waals surface area (Å²) in [7, 11) is 1.59. The average Bonchev–Trinajstić information content (AvgIpc) is 2.47. The molecule has 0 aromatic heterocycles. The third-order valence-corrected chi connectivity index (χ3v) is 1.97. The smallest absolute Gasteiger partial charge is 0.184 e. The normalized spacial score (nSPS) is 13.9. The largest absolute Gasteiger partial charge is 0.497 e. The van der Waals surface area contributed by atoms with E-state index in [-0.39, 0.29) is 5.78 Å². The van der Waals surface area contributed by atoms with Crippen molar-refractivity contribution in [2.75, 3.05) is 19.0 Å². The van der Waals surface area contributed by atoms with E-state index < -0.39 is 0 Å². The van der Waals surface area contributed by atoms with Crippen LogP contribution in [0, 0.1) is 0 Å². The molecule has 62 valence electrons. The maximum atomic E-state index is 11.2. The number of hydrogen-bond donors (Lipinski definition) is 1. The van der Waals surface area contributed by atoms with Crippen LogP contribution in [-0.2, 0) is 0 Å². The Morgan fingerprint density at radius 1 is 1.50 bits per heavy atom. The van der Waals surface area contributed by atoms with Crippen molar-refractivity contribution in [1.29, 1.82) is 0 Å². The monoisotopic (exact) mass is 163 g/mol. The van der Waals surface area contributed by atoms with Crippen molar-refractivity contribution in [3.8, 4) is 5.75 Å². The summed E-state index contributed by atoms with van der Waals surface area (Å²) in [4.78, 5) is 11.2. The van der Waals surface area contributed by atoms with Gasteiger partial charge in [0.05, 0.1) is 13.7 Å². The lowest BCUT2D eigenvalue weighted by atomic mass is 10.1. The van der Waals surface area contributed by atoms with Gasteiger partial charge in [0.1, 0.15) is 5.75 Å². The fourth-order valence-electron chi connectivity index (χ4n) is 1.31. The molecule has 1 heterocycles. The van der Waals surface area contributed by atoms with Crippen molar-refractivity contribution in [2.24, 2.45) is 0 Å². The molecule has 0 bridgehead atoms. The fourth-order valence-corrected chi connectivity index (χ4v) is 1.31. The van der Waals surface area contributed by atoms with Crippen LogP contribution in [0.1, 0.15) is 10.4 Å². The number of carbonyl (C=O) groups is 1. The molecule has 0 fully saturated rings. The van der Waals surface area contributed by atoms with Crippen LogP contribution in [0.4, 0.5) is 5.69 Å². The third kappa shape index (κ3) is 0.942. The number of anilines is 1. The van der Waals surface area contributed by atoms with Crippen LogP contribution in [-0.4, -0.2) is 19.4 Å². The Kier molecular flexibility index (Phi) is 1.50. The quantitative estimate of drug-likeness (QED) is 0.678. The number of methoxy groups -OCH3 is 1. The molecule has 1 aliphatic rings. The number of Topliss-reactive ketones (excluding diaryl/α,β-unsaturated/α-hetero) is 1. The lowest BCUT2D eigenvalue weighted by Gasteiger charge is -2.01. The van der Waals surface area contributed by atoms with Gasteiger partial charge < -0.3 is 10.1 Å². The molecule has 0 aliphatic carbocycles. The summed E-state index contributed by atoms with van der Waals surface area (Å²) in [6.07, 6.45) is 0.